The van der Waals surface area contributed by atoms with Crippen LogP contribution in [0.4, 0.5) is 23.0 Å². The van der Waals surface area contributed by atoms with Gasteiger partial charge in [-0.25, -0.2) is 9.97 Å². The first-order valence-corrected chi connectivity index (χ1v) is 9.27. The molecule has 1 heterocycles. The molecule has 0 atom stereocenters. The van der Waals surface area contributed by atoms with Crippen molar-refractivity contribution >= 4 is 46.4 Å². The topological polar surface area (TPSA) is 194 Å². The molecule has 3 rings (SSSR count). The normalized spacial score (nSPS) is 10.1. The highest BCUT2D eigenvalue weighted by atomic mass is 35.5. The average Bonchev–Trinajstić information content (AvgIpc) is 2.81. The summed E-state index contributed by atoms with van der Waals surface area (Å²) in [5.41, 5.74) is 8.02. The van der Waals surface area contributed by atoms with E-state index in [1.54, 1.807) is 18.2 Å². The molecule has 0 radical (unpaired) electrons. The maximum Gasteiger partial charge on any atom is 0.356 e. The fraction of sp³-hybridized carbons (Fsp3) is 0. The lowest BCUT2D eigenvalue weighted by atomic mass is 10.2. The summed E-state index contributed by atoms with van der Waals surface area (Å²) >= 11 is 5.72. The minimum atomic E-state index is -0.852. The van der Waals surface area contributed by atoms with Gasteiger partial charge in [0.25, 0.3) is 17.5 Å². The van der Waals surface area contributed by atoms with Gasteiger partial charge in [-0.3, -0.25) is 51.5 Å². The first kappa shape index (κ1) is 22.8. The molecule has 168 valence electrons. The third-order valence-corrected chi connectivity index (χ3v) is 4.35. The quantitative estimate of drug-likeness (QED) is 0.279. The summed E-state index contributed by atoms with van der Waals surface area (Å²) < 4.78 is 0. The first-order valence-electron chi connectivity index (χ1n) is 8.89. The lowest BCUT2D eigenvalue weighted by Crippen LogP contribution is -2.32. The van der Waals surface area contributed by atoms with Crippen molar-refractivity contribution in [3.63, 3.8) is 0 Å². The standard InChI is InChI=1S/C18H13ClN8O6/c19-12-7-6-11(8-13(12)26(30)31)18(29)25-23-16-14(27(32)33)15(20-9-21-16)22-24-17(28)10-4-2-1-3-5-10/h1-9H,(H,24,28)(H,25,29)(H2,20,21,22,23). The van der Waals surface area contributed by atoms with Gasteiger partial charge >= 0.3 is 5.69 Å². The Morgan fingerprint density at radius 3 is 1.94 bits per heavy atom. The van der Waals surface area contributed by atoms with Crippen LogP contribution in [0.1, 0.15) is 20.7 Å². The van der Waals surface area contributed by atoms with Crippen LogP contribution in [0.2, 0.25) is 5.02 Å². The van der Waals surface area contributed by atoms with Gasteiger partial charge in [0, 0.05) is 17.2 Å². The van der Waals surface area contributed by atoms with Crippen LogP contribution in [-0.2, 0) is 0 Å². The maximum absolute atomic E-state index is 12.3. The highest BCUT2D eigenvalue weighted by Gasteiger charge is 2.24. The van der Waals surface area contributed by atoms with Gasteiger partial charge in [0.1, 0.15) is 11.3 Å². The van der Waals surface area contributed by atoms with E-state index in [9.17, 15) is 29.8 Å². The number of amides is 2. The Morgan fingerprint density at radius 1 is 0.818 bits per heavy atom. The van der Waals surface area contributed by atoms with Gasteiger partial charge in [0.15, 0.2) is 0 Å². The van der Waals surface area contributed by atoms with E-state index in [1.807, 2.05) is 0 Å². The predicted octanol–water partition coefficient (Wildman–Crippen LogP) is 2.46. The largest absolute Gasteiger partial charge is 0.356 e. The van der Waals surface area contributed by atoms with Gasteiger partial charge < -0.3 is 0 Å². The molecule has 15 heteroatoms. The van der Waals surface area contributed by atoms with E-state index in [4.69, 9.17) is 11.6 Å². The number of halogens is 1. The minimum absolute atomic E-state index is 0.135. The van der Waals surface area contributed by atoms with Crippen LogP contribution < -0.4 is 21.7 Å². The SMILES string of the molecule is O=C(NNc1ncnc(NNC(=O)c2ccc(Cl)c([N+](=O)[O-])c2)c1[N+](=O)[O-])c1ccccc1. The number of aromatic nitrogens is 2. The number of carbonyl (C=O) groups excluding carboxylic acids is 2. The first-order chi connectivity index (χ1) is 15.8. The average molecular weight is 473 g/mol. The Morgan fingerprint density at radius 2 is 1.39 bits per heavy atom. The zero-order valence-electron chi connectivity index (χ0n) is 16.3. The van der Waals surface area contributed by atoms with Gasteiger partial charge in [-0.05, 0) is 24.3 Å². The highest BCUT2D eigenvalue weighted by Crippen LogP contribution is 2.28. The van der Waals surface area contributed by atoms with Crippen LogP contribution in [-0.4, -0.2) is 31.6 Å². The summed E-state index contributed by atoms with van der Waals surface area (Å²) in [7, 11) is 0. The highest BCUT2D eigenvalue weighted by molar-refractivity contribution is 6.32. The van der Waals surface area contributed by atoms with Crippen molar-refractivity contribution in [2.75, 3.05) is 10.9 Å². The summed E-state index contributed by atoms with van der Waals surface area (Å²) in [6, 6.07) is 11.4. The van der Waals surface area contributed by atoms with E-state index < -0.39 is 38.9 Å². The number of hydrogen-bond acceptors (Lipinski definition) is 10. The number of hydrogen-bond donors (Lipinski definition) is 4. The van der Waals surface area contributed by atoms with Gasteiger partial charge in [-0.2, -0.15) is 0 Å². The molecule has 0 aliphatic rings. The zero-order chi connectivity index (χ0) is 24.0. The van der Waals surface area contributed by atoms with Crippen molar-refractivity contribution in [2.24, 2.45) is 0 Å². The fourth-order valence-corrected chi connectivity index (χ4v) is 2.68. The summed E-state index contributed by atoms with van der Waals surface area (Å²) in [6.45, 7) is 0. The molecule has 0 saturated heterocycles. The predicted molar refractivity (Wildman–Crippen MR) is 115 cm³/mol. The smallest absolute Gasteiger partial charge is 0.276 e. The van der Waals surface area contributed by atoms with Crippen molar-refractivity contribution in [3.05, 3.63) is 91.2 Å². The van der Waals surface area contributed by atoms with Crippen LogP contribution in [0.25, 0.3) is 0 Å². The fourth-order valence-electron chi connectivity index (χ4n) is 2.49. The van der Waals surface area contributed by atoms with E-state index in [-0.39, 0.29) is 16.4 Å². The molecule has 0 aliphatic heterocycles. The second-order valence-electron chi connectivity index (χ2n) is 6.12. The Labute approximate surface area is 189 Å². The number of nitro groups is 2. The van der Waals surface area contributed by atoms with Crippen molar-refractivity contribution in [2.45, 2.75) is 0 Å². The second-order valence-corrected chi connectivity index (χ2v) is 6.53. The lowest BCUT2D eigenvalue weighted by Gasteiger charge is -2.11. The second kappa shape index (κ2) is 9.97. The van der Waals surface area contributed by atoms with E-state index in [0.717, 1.165) is 12.4 Å². The molecule has 0 fully saturated rings. The molecule has 0 saturated carbocycles. The van der Waals surface area contributed by atoms with E-state index in [0.29, 0.717) is 5.56 Å². The molecular weight excluding hydrogens is 460 g/mol. The molecule has 0 bridgehead atoms. The van der Waals surface area contributed by atoms with Crippen LogP contribution in [0.5, 0.6) is 0 Å². The van der Waals surface area contributed by atoms with Crippen molar-refractivity contribution in [1.82, 2.24) is 20.8 Å². The number of nitrogens with one attached hydrogen (secondary N) is 4. The maximum atomic E-state index is 12.3. The Balaban J connectivity index is 1.75. The van der Waals surface area contributed by atoms with E-state index >= 15 is 0 Å². The third kappa shape index (κ3) is 5.45. The summed E-state index contributed by atoms with van der Waals surface area (Å²) in [4.78, 5) is 52.8. The molecule has 3 aromatic rings. The zero-order valence-corrected chi connectivity index (χ0v) is 17.1. The van der Waals surface area contributed by atoms with Crippen LogP contribution in [0, 0.1) is 20.2 Å². The number of hydrazine groups is 2. The molecular formula is C18H13ClN8O6. The van der Waals surface area contributed by atoms with Crippen molar-refractivity contribution in [3.8, 4) is 0 Å². The monoisotopic (exact) mass is 472 g/mol. The molecule has 1 aromatic heterocycles. The molecule has 0 spiro atoms. The Hall–Kier alpha value is -4.85. The third-order valence-electron chi connectivity index (χ3n) is 4.03. The number of benzene rings is 2. The number of nitro benzene ring substituents is 1. The number of carbonyl (C=O) groups is 2. The van der Waals surface area contributed by atoms with Crippen LogP contribution >= 0.6 is 11.6 Å². The molecule has 14 nitrogen and oxygen atoms in total. The summed E-state index contributed by atoms with van der Waals surface area (Å²) in [5.74, 6) is -2.20. The Bertz CT molecular complexity index is 1240. The number of nitrogens with zero attached hydrogens (tertiary/aromatic N) is 4. The number of anilines is 2. The van der Waals surface area contributed by atoms with Crippen LogP contribution in [0.15, 0.2) is 54.9 Å². The van der Waals surface area contributed by atoms with Gasteiger partial charge in [0.05, 0.1) is 9.85 Å². The van der Waals surface area contributed by atoms with Gasteiger partial charge in [-0.1, -0.05) is 29.8 Å². The molecule has 2 amide bonds. The molecule has 4 N–H and O–H groups in total. The lowest BCUT2D eigenvalue weighted by molar-refractivity contribution is -0.384. The molecule has 33 heavy (non-hydrogen) atoms. The van der Waals surface area contributed by atoms with Crippen molar-refractivity contribution in [1.29, 1.82) is 0 Å². The van der Waals surface area contributed by atoms with Crippen molar-refractivity contribution < 1.29 is 19.4 Å². The van der Waals surface area contributed by atoms with Gasteiger partial charge in [0.2, 0.25) is 11.6 Å². The number of rotatable bonds is 8. The van der Waals surface area contributed by atoms with Crippen LogP contribution in [0.3, 0.4) is 0 Å². The molecule has 0 aliphatic carbocycles. The summed E-state index contributed by atoms with van der Waals surface area (Å²) in [5, 5.41) is 22.4. The summed E-state index contributed by atoms with van der Waals surface area (Å²) in [6.07, 6.45) is 0.950. The van der Waals surface area contributed by atoms with E-state index in [2.05, 4.69) is 31.7 Å². The van der Waals surface area contributed by atoms with E-state index in [1.165, 1.54) is 24.3 Å². The van der Waals surface area contributed by atoms with Gasteiger partial charge in [-0.15, -0.1) is 0 Å². The Kier molecular flexibility index (Phi) is 6.90. The molecule has 2 aromatic carbocycles. The minimum Gasteiger partial charge on any atom is -0.276 e. The molecule has 0 unspecified atom stereocenters.